The molecule has 2 amide bonds. The first-order chi connectivity index (χ1) is 22.6. The van der Waals surface area contributed by atoms with Crippen LogP contribution in [0.5, 0.6) is 17.2 Å². The molecule has 14 nitrogen and oxygen atoms in total. The van der Waals surface area contributed by atoms with Gasteiger partial charge in [-0.25, -0.2) is 10.4 Å². The van der Waals surface area contributed by atoms with Gasteiger partial charge in [-0.2, -0.15) is 0 Å². The minimum atomic E-state index is -1.73. The Hall–Kier alpha value is -5.22. The van der Waals surface area contributed by atoms with Crippen LogP contribution in [0.1, 0.15) is 32.5 Å². The number of hydrogen-bond donors (Lipinski definition) is 9. The SMILES string of the molecule is O=C1c2c(c3c4ccc(O)cc4n([C@@H]4O[C@H](CO)[C@@H](O)[C@H](O)[C@H]4O)c3c3[nH]c4cc(O)ccc4c23)C(=O)N1NCc1ccc(O)cc1. The normalized spacial score (nSPS) is 23.1. The third-order valence-corrected chi connectivity index (χ3v) is 9.09. The number of amides is 2. The maximum absolute atomic E-state index is 14.3. The van der Waals surface area contributed by atoms with E-state index in [2.05, 4.69) is 10.4 Å². The lowest BCUT2D eigenvalue weighted by atomic mass is 9.96. The molecule has 0 aliphatic carbocycles. The maximum Gasteiger partial charge on any atom is 0.276 e. The smallest absolute Gasteiger partial charge is 0.276 e. The van der Waals surface area contributed by atoms with E-state index in [1.54, 1.807) is 24.3 Å². The molecule has 0 saturated carbocycles. The first kappa shape index (κ1) is 29.2. The molecule has 47 heavy (non-hydrogen) atoms. The van der Waals surface area contributed by atoms with Gasteiger partial charge in [-0.1, -0.05) is 12.1 Å². The zero-order valence-electron chi connectivity index (χ0n) is 24.3. The number of phenolic OH excluding ortho intramolecular Hbond substituents is 3. The van der Waals surface area contributed by atoms with Crippen LogP contribution in [-0.2, 0) is 11.3 Å². The van der Waals surface area contributed by atoms with Crippen LogP contribution in [0, 0.1) is 0 Å². The van der Waals surface area contributed by atoms with E-state index in [1.807, 2.05) is 0 Å². The van der Waals surface area contributed by atoms with Gasteiger partial charge in [0.2, 0.25) is 0 Å². The number of ether oxygens (including phenoxy) is 1. The van der Waals surface area contributed by atoms with Crippen molar-refractivity contribution in [3.63, 3.8) is 0 Å². The second-order valence-electron chi connectivity index (χ2n) is 11.8. The van der Waals surface area contributed by atoms with Gasteiger partial charge in [0.05, 0.1) is 39.8 Å². The molecule has 8 rings (SSSR count). The number of benzene rings is 4. The van der Waals surface area contributed by atoms with Crippen LogP contribution in [0.3, 0.4) is 0 Å². The van der Waals surface area contributed by atoms with Crippen molar-refractivity contribution >= 4 is 55.4 Å². The van der Waals surface area contributed by atoms with Gasteiger partial charge < -0.3 is 50.0 Å². The molecule has 6 aromatic rings. The molecule has 0 bridgehead atoms. The van der Waals surface area contributed by atoms with Gasteiger partial charge in [-0.3, -0.25) is 9.59 Å². The zero-order valence-corrected chi connectivity index (χ0v) is 24.3. The number of aromatic hydroxyl groups is 3. The summed E-state index contributed by atoms with van der Waals surface area (Å²) in [4.78, 5) is 31.8. The number of aliphatic hydroxyl groups excluding tert-OH is 4. The number of nitrogens with one attached hydrogen (secondary N) is 2. The second-order valence-corrected chi connectivity index (χ2v) is 11.8. The quantitative estimate of drug-likeness (QED) is 0.124. The van der Waals surface area contributed by atoms with Crippen molar-refractivity contribution in [3.8, 4) is 17.2 Å². The van der Waals surface area contributed by atoms with Gasteiger partial charge in [-0.05, 0) is 42.0 Å². The van der Waals surface area contributed by atoms with Crippen LogP contribution in [0.4, 0.5) is 0 Å². The molecular weight excluding hydrogens is 612 g/mol. The average molecular weight is 641 g/mol. The predicted octanol–water partition coefficient (Wildman–Crippen LogP) is 1.82. The Morgan fingerprint density at radius 3 is 2.11 bits per heavy atom. The van der Waals surface area contributed by atoms with Crippen molar-refractivity contribution in [2.45, 2.75) is 37.2 Å². The number of nitrogens with zero attached hydrogens (tertiary/aromatic N) is 2. The van der Waals surface area contributed by atoms with E-state index in [-0.39, 0.29) is 51.3 Å². The molecule has 2 aliphatic heterocycles. The largest absolute Gasteiger partial charge is 0.508 e. The Balaban J connectivity index is 1.45. The third kappa shape index (κ3) is 4.14. The lowest BCUT2D eigenvalue weighted by Gasteiger charge is -2.41. The van der Waals surface area contributed by atoms with Crippen LogP contribution < -0.4 is 5.43 Å². The number of rotatable bonds is 5. The van der Waals surface area contributed by atoms with Gasteiger partial charge >= 0.3 is 0 Å². The fourth-order valence-corrected chi connectivity index (χ4v) is 6.90. The fraction of sp³-hybridized carbons (Fsp3) is 0.212. The first-order valence-electron chi connectivity index (χ1n) is 14.8. The number of aliphatic hydroxyl groups is 4. The van der Waals surface area contributed by atoms with E-state index in [4.69, 9.17) is 4.74 Å². The number of fused-ring (bicyclic) bond motifs is 10. The highest BCUT2D eigenvalue weighted by atomic mass is 16.6. The summed E-state index contributed by atoms with van der Waals surface area (Å²) < 4.78 is 7.45. The molecule has 1 saturated heterocycles. The summed E-state index contributed by atoms with van der Waals surface area (Å²) in [5, 5.41) is 75.4. The average Bonchev–Trinajstić information content (AvgIpc) is 3.66. The van der Waals surface area contributed by atoms with E-state index in [0.717, 1.165) is 5.01 Å². The second kappa shape index (κ2) is 10.4. The van der Waals surface area contributed by atoms with Crippen molar-refractivity contribution in [2.24, 2.45) is 0 Å². The topological polar surface area (TPSA) is 221 Å². The molecular formula is C33H28N4O10. The molecule has 2 aromatic heterocycles. The standard InChI is InChI=1S/C33H28N4O10/c38-12-21-28(42)29(43)30(44)33(47-21)36-20-10-16(41)6-8-18(20)23-25-24(22-17-7-5-15(40)9-19(17)35-26(22)27(23)36)31(45)37(32(25)46)34-11-13-1-3-14(39)4-2-13/h1-10,21,28-30,33-35,38-44H,11-12H2/t21-,28-,29+,30-,33-/m1/s1. The molecule has 0 spiro atoms. The molecule has 4 aromatic carbocycles. The molecule has 9 N–H and O–H groups in total. The number of hydrazine groups is 1. The van der Waals surface area contributed by atoms with E-state index >= 15 is 0 Å². The van der Waals surface area contributed by atoms with Crippen LogP contribution in [0.2, 0.25) is 0 Å². The molecule has 14 heteroatoms. The van der Waals surface area contributed by atoms with Crippen molar-refractivity contribution in [1.29, 1.82) is 0 Å². The molecule has 1 fully saturated rings. The molecule has 240 valence electrons. The van der Waals surface area contributed by atoms with Crippen LogP contribution in [0.15, 0.2) is 60.7 Å². The molecule has 0 unspecified atom stereocenters. The number of carbonyl (C=O) groups excluding carboxylic acids is 2. The van der Waals surface area contributed by atoms with Gasteiger partial charge in [0.25, 0.3) is 11.8 Å². The monoisotopic (exact) mass is 640 g/mol. The minimum Gasteiger partial charge on any atom is -0.508 e. The highest BCUT2D eigenvalue weighted by molar-refractivity contribution is 6.39. The zero-order chi connectivity index (χ0) is 32.9. The van der Waals surface area contributed by atoms with Gasteiger partial charge in [0.15, 0.2) is 6.23 Å². The Bertz CT molecular complexity index is 2280. The van der Waals surface area contributed by atoms with E-state index < -0.39 is 49.1 Å². The summed E-state index contributed by atoms with van der Waals surface area (Å²) in [7, 11) is 0. The Labute approximate surface area is 263 Å². The van der Waals surface area contributed by atoms with Crippen LogP contribution >= 0.6 is 0 Å². The number of imide groups is 1. The summed E-state index contributed by atoms with van der Waals surface area (Å²) in [6, 6.07) is 15.1. The van der Waals surface area contributed by atoms with Crippen molar-refractivity contribution in [2.75, 3.05) is 6.61 Å². The maximum atomic E-state index is 14.3. The van der Waals surface area contributed by atoms with Crippen LogP contribution in [0.25, 0.3) is 43.6 Å². The number of hydrogen-bond acceptors (Lipinski definition) is 11. The fourth-order valence-electron chi connectivity index (χ4n) is 6.90. The Kier molecular flexibility index (Phi) is 6.46. The van der Waals surface area contributed by atoms with Crippen molar-refractivity contribution in [1.82, 2.24) is 20.0 Å². The number of phenols is 3. The van der Waals surface area contributed by atoms with Crippen LogP contribution in [-0.4, -0.2) is 93.1 Å². The van der Waals surface area contributed by atoms with Gasteiger partial charge in [0, 0.05) is 40.2 Å². The number of aromatic amines is 1. The Morgan fingerprint density at radius 2 is 1.40 bits per heavy atom. The summed E-state index contributed by atoms with van der Waals surface area (Å²) in [5.41, 5.74) is 4.98. The predicted molar refractivity (Wildman–Crippen MR) is 167 cm³/mol. The minimum absolute atomic E-state index is 0.0312. The highest BCUT2D eigenvalue weighted by Crippen LogP contribution is 2.47. The molecule has 5 atom stereocenters. The van der Waals surface area contributed by atoms with Gasteiger partial charge in [-0.15, -0.1) is 0 Å². The Morgan fingerprint density at radius 1 is 0.766 bits per heavy atom. The van der Waals surface area contributed by atoms with Gasteiger partial charge in [0.1, 0.15) is 41.7 Å². The lowest BCUT2D eigenvalue weighted by Crippen LogP contribution is -2.56. The summed E-state index contributed by atoms with van der Waals surface area (Å²) in [6.07, 6.45) is -7.81. The summed E-state index contributed by atoms with van der Waals surface area (Å²) in [5.74, 6) is -1.48. The van der Waals surface area contributed by atoms with Crippen molar-refractivity contribution in [3.05, 3.63) is 77.4 Å². The van der Waals surface area contributed by atoms with Crippen molar-refractivity contribution < 1.29 is 50.1 Å². The molecule has 2 aliphatic rings. The highest BCUT2D eigenvalue weighted by Gasteiger charge is 2.47. The number of carbonyl (C=O) groups is 2. The van der Waals surface area contributed by atoms with E-state index in [1.165, 1.54) is 41.0 Å². The third-order valence-electron chi connectivity index (χ3n) is 9.09. The molecule has 4 heterocycles. The number of aromatic nitrogens is 2. The molecule has 0 radical (unpaired) electrons. The van der Waals surface area contributed by atoms with E-state index in [0.29, 0.717) is 32.8 Å². The lowest BCUT2D eigenvalue weighted by molar-refractivity contribution is -0.249. The summed E-state index contributed by atoms with van der Waals surface area (Å²) in [6.45, 7) is -0.616. The van der Waals surface area contributed by atoms with E-state index in [9.17, 15) is 45.3 Å². The summed E-state index contributed by atoms with van der Waals surface area (Å²) >= 11 is 0. The first-order valence-corrected chi connectivity index (χ1v) is 14.8. The number of H-pyrrole nitrogens is 1.